The highest BCUT2D eigenvalue weighted by Crippen LogP contribution is 2.27. The number of H-pyrrole nitrogens is 1. The van der Waals surface area contributed by atoms with E-state index in [0.717, 1.165) is 47.8 Å². The number of piperidine rings is 1. The van der Waals surface area contributed by atoms with E-state index in [2.05, 4.69) is 22.3 Å². The predicted octanol–water partition coefficient (Wildman–Crippen LogP) is 2.26. The van der Waals surface area contributed by atoms with Crippen LogP contribution in [0.2, 0.25) is 0 Å². The lowest BCUT2D eigenvalue weighted by Gasteiger charge is -2.32. The van der Waals surface area contributed by atoms with Crippen LogP contribution in [0.4, 0.5) is 11.6 Å². The van der Waals surface area contributed by atoms with E-state index in [0.29, 0.717) is 19.5 Å². The average Bonchev–Trinajstić information content (AvgIpc) is 3.15. The minimum Gasteiger partial charge on any atom is -0.366 e. The highest BCUT2D eigenvalue weighted by molar-refractivity contribution is 8.14. The molecular weight excluding hydrogens is 412 g/mol. The molecule has 0 aliphatic carbocycles. The van der Waals surface area contributed by atoms with Crippen molar-refractivity contribution in [2.24, 2.45) is 0 Å². The van der Waals surface area contributed by atoms with Crippen molar-refractivity contribution in [3.63, 3.8) is 0 Å². The lowest BCUT2D eigenvalue weighted by molar-refractivity contribution is -0.378. The maximum Gasteiger partial charge on any atom is 0.237 e. The van der Waals surface area contributed by atoms with Gasteiger partial charge in [0.15, 0.2) is 18.0 Å². The van der Waals surface area contributed by atoms with E-state index >= 15 is 0 Å². The monoisotopic (exact) mass is 435 g/mol. The first-order chi connectivity index (χ1) is 14.0. The summed E-state index contributed by atoms with van der Waals surface area (Å²) in [7, 11) is 2.03. The van der Waals surface area contributed by atoms with Crippen LogP contribution in [-0.2, 0) is 22.0 Å². The number of hydrogen-bond donors (Lipinski definition) is 1. The van der Waals surface area contributed by atoms with Gasteiger partial charge in [0.25, 0.3) is 0 Å². The maximum atomic E-state index is 11.8. The number of nitrogens with one attached hydrogen (secondary N) is 2. The van der Waals surface area contributed by atoms with Crippen LogP contribution >= 0.6 is 10.7 Å². The minimum atomic E-state index is -3.60. The third-order valence-corrected chi connectivity index (χ3v) is 7.19. The van der Waals surface area contributed by atoms with E-state index < -0.39 is 14.3 Å². The third kappa shape index (κ3) is 4.30. The fraction of sp³-hybridized carbons (Fsp3) is 0.421. The highest BCUT2D eigenvalue weighted by Gasteiger charge is 2.30. The standard InChI is InChI=1S/C19H23ClN6O2S/c1-2-15-12-23-26-17(22-11-14-5-3-7-21-10-14)9-18(24-19(15)26)25-8-4-6-16(13-25)29(20,27)28/h3,5,7,9-10,12,16,22H,2,4,6,8,11,13H2,1H3/p+1. The van der Waals surface area contributed by atoms with Gasteiger partial charge in [-0.25, -0.2) is 18.4 Å². The van der Waals surface area contributed by atoms with Crippen LogP contribution in [-0.4, -0.2) is 41.4 Å². The van der Waals surface area contributed by atoms with E-state index in [1.54, 1.807) is 4.52 Å². The Labute approximate surface area is 174 Å². The first kappa shape index (κ1) is 19.9. The minimum absolute atomic E-state index is 0.345. The number of fused-ring (bicyclic) bond motifs is 1. The number of pyridine rings is 1. The zero-order valence-corrected chi connectivity index (χ0v) is 17.7. The van der Waals surface area contributed by atoms with Crippen molar-refractivity contribution < 1.29 is 13.4 Å². The molecule has 1 unspecified atom stereocenters. The zero-order chi connectivity index (χ0) is 20.4. The molecule has 4 rings (SSSR count). The van der Waals surface area contributed by atoms with Crippen LogP contribution in [0.15, 0.2) is 36.8 Å². The average molecular weight is 436 g/mol. The summed E-state index contributed by atoms with van der Waals surface area (Å²) in [5, 5.41) is 7.34. The molecule has 3 aromatic rings. The van der Waals surface area contributed by atoms with E-state index in [1.807, 2.05) is 41.7 Å². The lowest BCUT2D eigenvalue weighted by Crippen LogP contribution is -2.41. The molecule has 0 aromatic carbocycles. The van der Waals surface area contributed by atoms with Gasteiger partial charge in [-0.2, -0.15) is 9.61 Å². The van der Waals surface area contributed by atoms with E-state index in [4.69, 9.17) is 15.7 Å². The molecule has 1 fully saturated rings. The SMILES string of the molecule is CCc1cnn2c(NCc3ccc[nH+]c3)cc(N3CCCC(S(=O)(=O)Cl)C3)nc12. The molecule has 4 heterocycles. The number of rotatable bonds is 6. The Morgan fingerprint density at radius 2 is 2.28 bits per heavy atom. The van der Waals surface area contributed by atoms with Crippen LogP contribution in [0, 0.1) is 0 Å². The van der Waals surface area contributed by atoms with Crippen molar-refractivity contribution in [2.75, 3.05) is 23.3 Å². The number of hydrogen-bond acceptors (Lipinski definition) is 6. The van der Waals surface area contributed by atoms with Gasteiger partial charge in [0, 0.05) is 53.6 Å². The molecule has 8 nitrogen and oxygen atoms in total. The number of aromatic nitrogens is 4. The highest BCUT2D eigenvalue weighted by atomic mass is 35.7. The molecule has 1 saturated heterocycles. The van der Waals surface area contributed by atoms with Crippen molar-refractivity contribution in [3.8, 4) is 0 Å². The van der Waals surface area contributed by atoms with Crippen molar-refractivity contribution in [1.82, 2.24) is 14.6 Å². The molecular formula is C19H24ClN6O2S+. The summed E-state index contributed by atoms with van der Waals surface area (Å²) in [5.74, 6) is 1.55. The summed E-state index contributed by atoms with van der Waals surface area (Å²) in [6, 6.07) is 5.91. The molecule has 3 aromatic heterocycles. The van der Waals surface area contributed by atoms with Gasteiger partial charge in [0.1, 0.15) is 11.6 Å². The van der Waals surface area contributed by atoms with Crippen molar-refractivity contribution >= 4 is 37.0 Å². The molecule has 2 N–H and O–H groups in total. The van der Waals surface area contributed by atoms with Crippen LogP contribution in [0.5, 0.6) is 0 Å². The van der Waals surface area contributed by atoms with Crippen LogP contribution < -0.4 is 15.2 Å². The van der Waals surface area contributed by atoms with E-state index in [1.165, 1.54) is 0 Å². The summed E-state index contributed by atoms with van der Waals surface area (Å²) in [6.07, 6.45) is 7.78. The van der Waals surface area contributed by atoms with Gasteiger partial charge in [-0.3, -0.25) is 0 Å². The Morgan fingerprint density at radius 1 is 1.41 bits per heavy atom. The second-order valence-electron chi connectivity index (χ2n) is 7.21. The predicted molar refractivity (Wildman–Crippen MR) is 113 cm³/mol. The van der Waals surface area contributed by atoms with Gasteiger partial charge in [-0.15, -0.1) is 0 Å². The van der Waals surface area contributed by atoms with Gasteiger partial charge < -0.3 is 10.2 Å². The molecule has 0 amide bonds. The van der Waals surface area contributed by atoms with E-state index in [-0.39, 0.29) is 0 Å². The molecule has 1 aliphatic rings. The normalized spacial score (nSPS) is 17.6. The lowest BCUT2D eigenvalue weighted by atomic mass is 10.1. The van der Waals surface area contributed by atoms with Crippen molar-refractivity contribution in [2.45, 2.75) is 38.0 Å². The first-order valence-electron chi connectivity index (χ1n) is 9.70. The molecule has 1 aliphatic heterocycles. The molecule has 0 radical (unpaired) electrons. The van der Waals surface area contributed by atoms with E-state index in [9.17, 15) is 8.42 Å². The third-order valence-electron chi connectivity index (χ3n) is 5.26. The smallest absolute Gasteiger partial charge is 0.237 e. The summed E-state index contributed by atoms with van der Waals surface area (Å²) < 4.78 is 25.5. The van der Waals surface area contributed by atoms with Gasteiger partial charge in [0.05, 0.1) is 11.4 Å². The Balaban J connectivity index is 1.68. The summed E-state index contributed by atoms with van der Waals surface area (Å²) in [4.78, 5) is 9.88. The Hall–Kier alpha value is -2.39. The van der Waals surface area contributed by atoms with Gasteiger partial charge in [0.2, 0.25) is 9.05 Å². The first-order valence-corrected chi connectivity index (χ1v) is 12.1. The second kappa shape index (κ2) is 8.16. The topological polar surface area (TPSA) is 93.7 Å². The fourth-order valence-corrected chi connectivity index (χ4v) is 4.88. The molecule has 0 bridgehead atoms. The van der Waals surface area contributed by atoms with Crippen LogP contribution in [0.25, 0.3) is 5.65 Å². The fourth-order valence-electron chi connectivity index (χ4n) is 3.64. The summed E-state index contributed by atoms with van der Waals surface area (Å²) in [6.45, 7) is 3.78. The Kier molecular flexibility index (Phi) is 5.60. The summed E-state index contributed by atoms with van der Waals surface area (Å²) >= 11 is 0. The molecule has 10 heteroatoms. The molecule has 0 saturated carbocycles. The Morgan fingerprint density at radius 3 is 3.00 bits per heavy atom. The second-order valence-corrected chi connectivity index (χ2v) is 10.1. The number of nitrogens with zero attached hydrogens (tertiary/aromatic N) is 4. The van der Waals surface area contributed by atoms with Gasteiger partial charge in [-0.1, -0.05) is 6.92 Å². The van der Waals surface area contributed by atoms with Crippen LogP contribution in [0.3, 0.4) is 0 Å². The molecule has 154 valence electrons. The van der Waals surface area contributed by atoms with Gasteiger partial charge in [-0.05, 0) is 25.3 Å². The Bertz CT molecular complexity index is 1100. The number of aromatic amines is 1. The molecule has 0 spiro atoms. The summed E-state index contributed by atoms with van der Waals surface area (Å²) in [5.41, 5.74) is 2.93. The largest absolute Gasteiger partial charge is 0.366 e. The molecule has 1 atom stereocenters. The zero-order valence-electron chi connectivity index (χ0n) is 16.2. The van der Waals surface area contributed by atoms with Crippen molar-refractivity contribution in [1.29, 1.82) is 0 Å². The molecule has 29 heavy (non-hydrogen) atoms. The maximum absolute atomic E-state index is 11.8. The van der Waals surface area contributed by atoms with Crippen LogP contribution in [0.1, 0.15) is 30.9 Å². The van der Waals surface area contributed by atoms with Crippen molar-refractivity contribution in [3.05, 3.63) is 47.9 Å². The number of halogens is 1. The number of aryl methyl sites for hydroxylation is 1. The number of anilines is 2. The quantitative estimate of drug-likeness (QED) is 0.597. The van der Waals surface area contributed by atoms with Gasteiger partial charge >= 0.3 is 0 Å².